The number of rotatable bonds is 7. The van der Waals surface area contributed by atoms with Gasteiger partial charge in [-0.25, -0.2) is 9.78 Å². The highest BCUT2D eigenvalue weighted by molar-refractivity contribution is 5.87. The average Bonchev–Trinajstić information content (AvgIpc) is 2.90. The lowest BCUT2D eigenvalue weighted by atomic mass is 10.0. The lowest BCUT2D eigenvalue weighted by Crippen LogP contribution is -2.35. The summed E-state index contributed by atoms with van der Waals surface area (Å²) in [6, 6.07) is 28.0. The number of fused-ring (bicyclic) bond motifs is 1. The third kappa shape index (κ3) is 4.96. The molecule has 1 aliphatic rings. The maximum atomic E-state index is 11.2. The summed E-state index contributed by atoms with van der Waals surface area (Å²) in [5.41, 5.74) is 5.92. The molecule has 1 aliphatic heterocycles. The quantitative estimate of drug-likeness (QED) is 0.379. The van der Waals surface area contributed by atoms with Crippen molar-refractivity contribution in [3.63, 3.8) is 0 Å². The zero-order chi connectivity index (χ0) is 24.2. The van der Waals surface area contributed by atoms with Gasteiger partial charge in [0.1, 0.15) is 12.6 Å². The second kappa shape index (κ2) is 9.89. The van der Waals surface area contributed by atoms with Gasteiger partial charge in [-0.2, -0.15) is 0 Å². The van der Waals surface area contributed by atoms with E-state index in [-0.39, 0.29) is 11.6 Å². The van der Waals surface area contributed by atoms with Crippen molar-refractivity contribution in [3.8, 4) is 16.9 Å². The molecule has 35 heavy (non-hydrogen) atoms. The Hall–Kier alpha value is -4.32. The maximum absolute atomic E-state index is 11.2. The Morgan fingerprint density at radius 3 is 2.43 bits per heavy atom. The van der Waals surface area contributed by atoms with Crippen molar-refractivity contribution in [1.82, 2.24) is 0 Å². The minimum Gasteiger partial charge on any atom is -0.489 e. The van der Waals surface area contributed by atoms with Crippen LogP contribution in [-0.4, -0.2) is 24.2 Å². The molecule has 0 radical (unpaired) electrons. The van der Waals surface area contributed by atoms with Gasteiger partial charge in [0, 0.05) is 12.6 Å². The molecule has 6 nitrogen and oxygen atoms in total. The van der Waals surface area contributed by atoms with Crippen molar-refractivity contribution in [2.24, 2.45) is 0 Å². The molecular formula is C29H28N3O3+. The fourth-order valence-electron chi connectivity index (χ4n) is 4.42. The molecule has 0 aliphatic carbocycles. The molecular weight excluding hydrogens is 438 g/mol. The number of H-pyrrole nitrogens is 1. The van der Waals surface area contributed by atoms with E-state index in [0.717, 1.165) is 35.9 Å². The molecule has 1 aromatic heterocycles. The van der Waals surface area contributed by atoms with Crippen molar-refractivity contribution < 1.29 is 19.6 Å². The first-order chi connectivity index (χ1) is 17.1. The summed E-state index contributed by atoms with van der Waals surface area (Å²) in [7, 11) is 0. The van der Waals surface area contributed by atoms with E-state index in [9.17, 15) is 4.79 Å². The van der Waals surface area contributed by atoms with Crippen molar-refractivity contribution in [3.05, 3.63) is 108 Å². The van der Waals surface area contributed by atoms with Crippen LogP contribution in [0.25, 0.3) is 11.1 Å². The van der Waals surface area contributed by atoms with Crippen LogP contribution in [0.3, 0.4) is 0 Å². The molecule has 3 aromatic carbocycles. The minimum atomic E-state index is -0.924. The number of aromatic amines is 1. The number of carboxylic acid groups (broad SMARTS) is 1. The molecule has 5 rings (SSSR count). The van der Waals surface area contributed by atoms with Crippen molar-refractivity contribution in [1.29, 1.82) is 0 Å². The monoisotopic (exact) mass is 466 g/mol. The highest BCUT2D eigenvalue weighted by Gasteiger charge is 2.27. The van der Waals surface area contributed by atoms with Crippen LogP contribution in [0.2, 0.25) is 0 Å². The first kappa shape index (κ1) is 22.5. The number of hydrogen-bond donors (Lipinski definition) is 2. The Labute approximate surface area is 204 Å². The first-order valence-corrected chi connectivity index (χ1v) is 11.7. The lowest BCUT2D eigenvalue weighted by molar-refractivity contribution is -0.361. The van der Waals surface area contributed by atoms with Crippen LogP contribution in [0.15, 0.2) is 91.1 Å². The molecule has 0 unspecified atom stereocenters. The number of aromatic carboxylic acids is 1. The normalized spacial score (nSPS) is 13.5. The Bertz CT molecular complexity index is 1310. The molecule has 6 heteroatoms. The van der Waals surface area contributed by atoms with Crippen molar-refractivity contribution in [2.45, 2.75) is 19.5 Å². The smallest absolute Gasteiger partial charge is 0.335 e. The molecule has 3 N–H and O–H groups in total. The van der Waals surface area contributed by atoms with E-state index in [1.165, 1.54) is 16.7 Å². The SMILES string of the molecule is C[C@H](Nc1[nH+]ccc2c1N(Cc1ccc(-c3ccccc3)cc1)CCO2)c1ccc(C(=O)O)cc1. The third-order valence-electron chi connectivity index (χ3n) is 6.32. The van der Waals surface area contributed by atoms with Crippen LogP contribution >= 0.6 is 0 Å². The number of carboxylic acids is 1. The molecule has 0 amide bonds. The van der Waals surface area contributed by atoms with E-state index in [4.69, 9.17) is 9.84 Å². The number of carbonyl (C=O) groups is 1. The molecule has 2 heterocycles. The highest BCUT2D eigenvalue weighted by atomic mass is 16.5. The molecule has 0 saturated carbocycles. The van der Waals surface area contributed by atoms with Gasteiger partial charge >= 0.3 is 11.8 Å². The van der Waals surface area contributed by atoms with Gasteiger partial charge in [-0.1, -0.05) is 66.7 Å². The number of benzene rings is 3. The number of pyridine rings is 1. The first-order valence-electron chi connectivity index (χ1n) is 11.7. The molecule has 0 bridgehead atoms. The van der Waals surface area contributed by atoms with E-state index in [1.54, 1.807) is 12.1 Å². The van der Waals surface area contributed by atoms with Crippen LogP contribution in [0.4, 0.5) is 11.5 Å². The number of nitrogens with zero attached hydrogens (tertiary/aromatic N) is 1. The predicted octanol–water partition coefficient (Wildman–Crippen LogP) is 5.44. The standard InChI is InChI=1S/C29H27N3O3/c1-20(22-11-13-25(14-12-22)29(33)34)31-28-27-26(15-16-30-28)35-18-17-32(27)19-21-7-9-24(10-8-21)23-5-3-2-4-6-23/h2-16,20H,17-19H2,1H3,(H,30,31)(H,33,34)/p+1/t20-/m0/s1. The van der Waals surface area contributed by atoms with Crippen LogP contribution in [0.5, 0.6) is 5.75 Å². The second-order valence-corrected chi connectivity index (χ2v) is 8.69. The number of ether oxygens (including phenoxy) is 1. The number of hydrogen-bond acceptors (Lipinski definition) is 4. The van der Waals surface area contributed by atoms with Gasteiger partial charge < -0.3 is 14.7 Å². The largest absolute Gasteiger partial charge is 0.489 e. The maximum Gasteiger partial charge on any atom is 0.335 e. The van der Waals surface area contributed by atoms with Gasteiger partial charge in [-0.3, -0.25) is 5.32 Å². The lowest BCUT2D eigenvalue weighted by Gasteiger charge is -2.31. The van der Waals surface area contributed by atoms with Crippen LogP contribution in [0, 0.1) is 0 Å². The molecule has 0 spiro atoms. The topological polar surface area (TPSA) is 75.9 Å². The summed E-state index contributed by atoms with van der Waals surface area (Å²) in [6.07, 6.45) is 1.87. The molecule has 176 valence electrons. The Kier molecular flexibility index (Phi) is 6.35. The summed E-state index contributed by atoms with van der Waals surface area (Å²) >= 11 is 0. The number of nitrogens with one attached hydrogen (secondary N) is 2. The van der Waals surface area contributed by atoms with Gasteiger partial charge in [-0.05, 0) is 41.3 Å². The van der Waals surface area contributed by atoms with Crippen molar-refractivity contribution in [2.75, 3.05) is 23.4 Å². The van der Waals surface area contributed by atoms with E-state index < -0.39 is 5.97 Å². The Morgan fingerprint density at radius 2 is 1.71 bits per heavy atom. The highest BCUT2D eigenvalue weighted by Crippen LogP contribution is 2.37. The van der Waals surface area contributed by atoms with Gasteiger partial charge in [0.15, 0.2) is 11.4 Å². The Balaban J connectivity index is 1.36. The molecule has 0 fully saturated rings. The zero-order valence-electron chi connectivity index (χ0n) is 19.6. The van der Waals surface area contributed by atoms with Gasteiger partial charge in [0.05, 0.1) is 18.3 Å². The fraction of sp³-hybridized carbons (Fsp3) is 0.172. The zero-order valence-corrected chi connectivity index (χ0v) is 19.6. The van der Waals surface area contributed by atoms with E-state index >= 15 is 0 Å². The summed E-state index contributed by atoms with van der Waals surface area (Å²) in [5.74, 6) is 0.789. The van der Waals surface area contributed by atoms with E-state index in [1.807, 2.05) is 30.5 Å². The van der Waals surface area contributed by atoms with Crippen LogP contribution in [-0.2, 0) is 6.54 Å². The molecule has 4 aromatic rings. The Morgan fingerprint density at radius 1 is 1.00 bits per heavy atom. The fourth-order valence-corrected chi connectivity index (χ4v) is 4.42. The average molecular weight is 467 g/mol. The number of anilines is 2. The summed E-state index contributed by atoms with van der Waals surface area (Å²) < 4.78 is 5.97. The van der Waals surface area contributed by atoms with E-state index in [2.05, 4.69) is 70.7 Å². The minimum absolute atomic E-state index is 0.0328. The van der Waals surface area contributed by atoms with Crippen LogP contribution in [0.1, 0.15) is 34.5 Å². The van der Waals surface area contributed by atoms with Gasteiger partial charge in [0.2, 0.25) is 0 Å². The molecule has 0 saturated heterocycles. The third-order valence-corrected chi connectivity index (χ3v) is 6.32. The number of aromatic nitrogens is 1. The molecule has 1 atom stereocenters. The van der Waals surface area contributed by atoms with E-state index in [0.29, 0.717) is 6.61 Å². The van der Waals surface area contributed by atoms with Gasteiger partial charge in [0.25, 0.3) is 0 Å². The van der Waals surface area contributed by atoms with Crippen LogP contribution < -0.4 is 19.9 Å². The summed E-state index contributed by atoms with van der Waals surface area (Å²) in [6.45, 7) is 4.23. The van der Waals surface area contributed by atoms with Gasteiger partial charge in [-0.15, -0.1) is 0 Å². The van der Waals surface area contributed by atoms with Crippen molar-refractivity contribution >= 4 is 17.5 Å². The predicted molar refractivity (Wildman–Crippen MR) is 137 cm³/mol. The summed E-state index contributed by atoms with van der Waals surface area (Å²) in [4.78, 5) is 16.8. The second-order valence-electron chi connectivity index (χ2n) is 8.69. The summed E-state index contributed by atoms with van der Waals surface area (Å²) in [5, 5.41) is 12.7.